The summed E-state index contributed by atoms with van der Waals surface area (Å²) in [6.45, 7) is 24.6. The number of carbonyl (C=O) groups excluding carboxylic acids is 5. The lowest BCUT2D eigenvalue weighted by molar-refractivity contribution is -0.148. The number of H-pyrrole nitrogens is 2. The Bertz CT molecular complexity index is 2740. The molecule has 2 atom stereocenters. The molecular weight excluding hydrogens is 865 g/mol. The van der Waals surface area contributed by atoms with Crippen molar-refractivity contribution in [2.75, 3.05) is 59.5 Å². The van der Waals surface area contributed by atoms with E-state index in [-0.39, 0.29) is 43.8 Å². The summed E-state index contributed by atoms with van der Waals surface area (Å²) in [5.41, 5.74) is 8.98. The highest BCUT2D eigenvalue weighted by molar-refractivity contribution is 6.23. The molecule has 16 nitrogen and oxygen atoms in total. The molecule has 16 heteroatoms. The average Bonchev–Trinajstić information content (AvgIpc) is 3.94. The van der Waals surface area contributed by atoms with Crippen LogP contribution in [0.1, 0.15) is 154 Å². The summed E-state index contributed by atoms with van der Waals surface area (Å²) in [5, 5.41) is 2.72. The lowest BCUT2D eigenvalue weighted by atomic mass is 9.84. The number of morpholine rings is 1. The number of aromatic amines is 2. The van der Waals surface area contributed by atoms with Crippen LogP contribution < -0.4 is 5.32 Å². The molecule has 0 aromatic carbocycles. The summed E-state index contributed by atoms with van der Waals surface area (Å²) in [4.78, 5) is 91.8. The van der Waals surface area contributed by atoms with Gasteiger partial charge in [0.1, 0.15) is 11.2 Å². The number of fused-ring (bicyclic) bond motifs is 8. The Morgan fingerprint density at radius 2 is 1.54 bits per heavy atom. The van der Waals surface area contributed by atoms with Crippen molar-refractivity contribution in [2.24, 2.45) is 0 Å². The first kappa shape index (κ1) is 49.8. The van der Waals surface area contributed by atoms with Gasteiger partial charge >= 0.3 is 12.1 Å². The van der Waals surface area contributed by atoms with E-state index in [1.165, 1.54) is 11.0 Å². The Hall–Kier alpha value is -6.13. The Kier molecular flexibility index (Phi) is 14.5. The van der Waals surface area contributed by atoms with Gasteiger partial charge in [-0.05, 0) is 122 Å². The quantitative estimate of drug-likeness (QED) is 0.0901. The van der Waals surface area contributed by atoms with E-state index in [1.54, 1.807) is 38.8 Å². The van der Waals surface area contributed by atoms with Crippen molar-refractivity contribution < 1.29 is 38.2 Å². The number of aromatic nitrogens is 4. The number of hydrogen-bond donors (Lipinski definition) is 3. The number of imide groups is 1. The second-order valence-electron chi connectivity index (χ2n) is 20.2. The lowest BCUT2D eigenvalue weighted by Crippen LogP contribution is -2.47. The highest BCUT2D eigenvalue weighted by Gasteiger charge is 2.41. The van der Waals surface area contributed by atoms with Crippen molar-refractivity contribution in [3.63, 3.8) is 0 Å². The maximum atomic E-state index is 15.2. The van der Waals surface area contributed by atoms with Gasteiger partial charge in [-0.2, -0.15) is 0 Å². The highest BCUT2D eigenvalue weighted by Crippen LogP contribution is 2.44. The van der Waals surface area contributed by atoms with Gasteiger partial charge in [0.15, 0.2) is 0 Å². The molecule has 1 fully saturated rings. The molecule has 7 heterocycles. The van der Waals surface area contributed by atoms with E-state index < -0.39 is 35.1 Å². The second kappa shape index (κ2) is 19.8. The summed E-state index contributed by atoms with van der Waals surface area (Å²) in [7, 11) is 1.70. The van der Waals surface area contributed by atoms with Crippen LogP contribution in [0.5, 0.6) is 0 Å². The van der Waals surface area contributed by atoms with Gasteiger partial charge in [-0.25, -0.2) is 14.6 Å². The molecule has 4 amide bonds. The van der Waals surface area contributed by atoms with Crippen LogP contribution in [-0.2, 0) is 23.8 Å². The fourth-order valence-corrected chi connectivity index (χ4v) is 9.35. The first-order valence-corrected chi connectivity index (χ1v) is 23.8. The number of esters is 1. The minimum absolute atomic E-state index is 0.130. The molecule has 8 bridgehead atoms. The van der Waals surface area contributed by atoms with Crippen molar-refractivity contribution in [3.05, 3.63) is 74.9 Å². The summed E-state index contributed by atoms with van der Waals surface area (Å²) < 4.78 is 16.6. The molecular formula is C52H68N8O8. The molecule has 3 aromatic rings. The normalized spacial score (nSPS) is 17.9. The standard InChI is InChI=1S/C52H68N8O8/c1-13-33-29(2)37-27-41-34(15-17-43(62)67-51(6,7)8)30(3)36(55-41)26-38-31(4)35(14-16-42(61)58(12)19-18-53-50(65)68-52(9,10)11)46(56-38)45-47-44(32(5)39(57-47)28-40(33)54-37)48(63)60(49(45)64)21-20-59-22-24-66-25-23-59/h15,17,26-28,31,35,55,57H,13-14,16,18-25H2,1-12H3,(H,53,65)/b17-15+,36-26?,37-27?,38-26?,39-28?,40-28?,41-27?,46-45?/t31-,35-/m0/s1. The number of amides is 4. The Labute approximate surface area is 398 Å². The van der Waals surface area contributed by atoms with Crippen molar-refractivity contribution in [3.8, 4) is 0 Å². The van der Waals surface area contributed by atoms with E-state index in [2.05, 4.69) is 34.0 Å². The molecule has 0 unspecified atom stereocenters. The Balaban J connectivity index is 1.41. The number of carbonyl (C=O) groups is 5. The van der Waals surface area contributed by atoms with Crippen molar-refractivity contribution in [1.29, 1.82) is 0 Å². The number of ether oxygens (including phenoxy) is 3. The average molecular weight is 933 g/mol. The number of likely N-dealkylation sites (N-methyl/N-ethyl adjacent to an activating group) is 1. The van der Waals surface area contributed by atoms with E-state index in [0.717, 1.165) is 44.7 Å². The molecule has 68 heavy (non-hydrogen) atoms. The molecule has 364 valence electrons. The largest absolute Gasteiger partial charge is 0.457 e. The van der Waals surface area contributed by atoms with Crippen LogP contribution in [0.15, 0.2) is 24.3 Å². The van der Waals surface area contributed by atoms with Gasteiger partial charge < -0.3 is 34.4 Å². The minimum atomic E-state index is -0.670. The van der Waals surface area contributed by atoms with Gasteiger partial charge in [0.2, 0.25) is 5.91 Å². The van der Waals surface area contributed by atoms with Crippen LogP contribution in [0.3, 0.4) is 0 Å². The molecule has 0 radical (unpaired) electrons. The lowest BCUT2D eigenvalue weighted by Gasteiger charge is -2.31. The maximum Gasteiger partial charge on any atom is 0.407 e. The minimum Gasteiger partial charge on any atom is -0.457 e. The van der Waals surface area contributed by atoms with E-state index in [4.69, 9.17) is 24.2 Å². The third-order valence-electron chi connectivity index (χ3n) is 13.1. The van der Waals surface area contributed by atoms with Crippen molar-refractivity contribution in [1.82, 2.24) is 40.0 Å². The van der Waals surface area contributed by atoms with E-state index in [0.29, 0.717) is 84.8 Å². The number of aryl methyl sites for hydroxylation is 2. The fourth-order valence-electron chi connectivity index (χ4n) is 9.35. The van der Waals surface area contributed by atoms with Crippen LogP contribution in [0, 0.1) is 13.8 Å². The molecule has 0 saturated carbocycles. The van der Waals surface area contributed by atoms with Crippen molar-refractivity contribution >= 4 is 69.1 Å². The molecule has 0 spiro atoms. The third kappa shape index (κ3) is 10.8. The second-order valence-corrected chi connectivity index (χ2v) is 20.2. The monoisotopic (exact) mass is 933 g/mol. The molecule has 4 aliphatic rings. The Morgan fingerprint density at radius 3 is 2.22 bits per heavy atom. The van der Waals surface area contributed by atoms with Gasteiger partial charge in [-0.3, -0.25) is 29.2 Å². The number of allylic oxidation sites excluding steroid dienone is 2. The third-order valence-corrected chi connectivity index (χ3v) is 13.1. The van der Waals surface area contributed by atoms with Crippen LogP contribution in [0.2, 0.25) is 0 Å². The molecule has 3 N–H and O–H groups in total. The summed E-state index contributed by atoms with van der Waals surface area (Å²) in [6, 6.07) is 5.93. The molecule has 7 rings (SSSR count). The zero-order valence-electron chi connectivity index (χ0n) is 41.8. The predicted molar refractivity (Wildman–Crippen MR) is 263 cm³/mol. The summed E-state index contributed by atoms with van der Waals surface area (Å²) >= 11 is 0. The molecule has 1 saturated heterocycles. The van der Waals surface area contributed by atoms with E-state index in [1.807, 2.05) is 59.7 Å². The van der Waals surface area contributed by atoms with Crippen LogP contribution in [0.4, 0.5) is 4.79 Å². The fraction of sp³-hybridized carbons (Fsp3) is 0.519. The molecule has 3 aromatic heterocycles. The summed E-state index contributed by atoms with van der Waals surface area (Å²) in [6.07, 6.45) is 3.81. The SMILES string of the molecule is CCC1=C(C)c2cc3[nH]c(cc4nc(c5c6[nH]c(cc1n2)c(C)c6C(=O)N(CCN1CCOCC1)C5=O)[C@@H](CCC(=O)N(C)CCNC(=O)OC(C)(C)C)[C@@H]4C)c(C)c3/C=C/C(=O)OC(C)(C)C. The van der Waals surface area contributed by atoms with Crippen LogP contribution in [0.25, 0.3) is 39.3 Å². The first-order chi connectivity index (χ1) is 32.0. The number of nitrogens with one attached hydrogen (secondary N) is 3. The van der Waals surface area contributed by atoms with Crippen LogP contribution >= 0.6 is 0 Å². The highest BCUT2D eigenvalue weighted by atomic mass is 16.6. The molecule has 4 aliphatic heterocycles. The predicted octanol–water partition coefficient (Wildman–Crippen LogP) is 8.21. The zero-order chi connectivity index (χ0) is 49.4. The topological polar surface area (TPSA) is 192 Å². The van der Waals surface area contributed by atoms with Gasteiger partial charge in [0.05, 0.1) is 46.9 Å². The smallest absolute Gasteiger partial charge is 0.407 e. The van der Waals surface area contributed by atoms with E-state index in [9.17, 15) is 19.2 Å². The zero-order valence-corrected chi connectivity index (χ0v) is 41.8. The summed E-state index contributed by atoms with van der Waals surface area (Å²) in [5.74, 6) is -2.11. The van der Waals surface area contributed by atoms with E-state index >= 15 is 4.79 Å². The number of rotatable bonds is 12. The molecule has 0 aliphatic carbocycles. The number of hydrogen-bond acceptors (Lipinski definition) is 11. The van der Waals surface area contributed by atoms with Gasteiger partial charge in [0, 0.05) is 98.5 Å². The van der Waals surface area contributed by atoms with Crippen LogP contribution in [-0.4, -0.2) is 135 Å². The van der Waals surface area contributed by atoms with Crippen molar-refractivity contribution in [2.45, 2.75) is 118 Å². The number of nitrogens with zero attached hydrogens (tertiary/aromatic N) is 5. The number of alkyl carbamates (subject to hydrolysis) is 1. The Morgan fingerprint density at radius 1 is 0.882 bits per heavy atom. The first-order valence-electron chi connectivity index (χ1n) is 23.8. The van der Waals surface area contributed by atoms with Gasteiger partial charge in [-0.1, -0.05) is 13.8 Å². The maximum absolute atomic E-state index is 15.2. The van der Waals surface area contributed by atoms with Gasteiger partial charge in [0.25, 0.3) is 11.8 Å². The van der Waals surface area contributed by atoms with Gasteiger partial charge in [-0.15, -0.1) is 0 Å².